The number of carboxylic acid groups (broad SMARTS) is 1. The van der Waals surface area contributed by atoms with E-state index in [9.17, 15) is 72.5 Å². The van der Waals surface area contributed by atoms with E-state index >= 15 is 28.8 Å². The molecular formula is C79H107N23O22. The minimum Gasteiger partial charge on any atom is -0.497 e. The standard InChI is InChI=1S/C79H107N23O22/c1-39(103)65-76(120)100-55(33-44-38-90-48-18-7-6-17-47(44)48)72(116)94-52(26-27-60(80)105)69(113)92-50(20-11-29-88-78(84)85)67(111)95-53(31-41-22-24-45(124-3)25-23-41)70(114)96-54(32-43-15-10-14-42-13-4-5-16-46(42)43)71(115)93-51(21-12-30-89-79(86)123)68(112)99-58(74(118)98-56(34-61(81)106)73(117)101-59(77(121)122)36-63(83)108)37-64(109)87-28-9-8-19-49(91-40(2)104)66(110)97-57(35-62(82)107)75(119)102-65/h4-7,10,13-18,22-25,38-39,49-59,65,90,103H,8-9,11-12,19-21,26-37H2,1-3H3,(H2,80,105)(H2,81,106)(H2,82,107)(H2,83,108)(H,87,109)(H,91,104)(H,92,113)(H,93,115)(H,94,116)(H,95,111)(H,96,114)(H,97,110)(H,98,118)(H,99,112)(H,100,120)(H,101,117)(H,102,119)(H,121,122)(H4,84,85,88)(H3,86,89,123)/t39-,49?,50+,51+,52+,53+,54+,55+,56+,57+,58-,59+,65?/m1/s1. The Balaban J connectivity index is 1.54. The summed E-state index contributed by atoms with van der Waals surface area (Å²) in [6.45, 7) is 1.37. The van der Waals surface area contributed by atoms with Gasteiger partial charge in [0.1, 0.15) is 78.3 Å². The van der Waals surface area contributed by atoms with E-state index in [2.05, 4.69) is 79.4 Å². The number of rotatable bonds is 31. The number of nitrogens with two attached hydrogens (primary N) is 6. The maximum atomic E-state index is 15.6. The number of hydrogen-bond donors (Lipinski definition) is 25. The summed E-state index contributed by atoms with van der Waals surface area (Å²) in [5, 5.41) is 67.1. The molecule has 19 amide bonds. The number of fused-ring (bicyclic) bond motifs is 2. The van der Waals surface area contributed by atoms with E-state index in [4.69, 9.17) is 44.5 Å². The molecule has 1 aromatic heterocycles. The molecule has 45 heteroatoms. The number of carbonyl (C=O) groups excluding carboxylic acids is 18. The topological polar surface area (TPSA) is 750 Å². The quantitative estimate of drug-likeness (QED) is 0.0111. The van der Waals surface area contributed by atoms with Crippen molar-refractivity contribution in [1.82, 2.24) is 84.7 Å². The fraction of sp³-hybridized carbons (Fsp3) is 0.443. The predicted molar refractivity (Wildman–Crippen MR) is 442 cm³/mol. The van der Waals surface area contributed by atoms with Crippen LogP contribution in [0.2, 0.25) is 0 Å². The lowest BCUT2D eigenvalue weighted by Gasteiger charge is -2.29. The van der Waals surface area contributed by atoms with Gasteiger partial charge in [0.25, 0.3) is 0 Å². The summed E-state index contributed by atoms with van der Waals surface area (Å²) in [4.78, 5) is 268. The molecule has 1 saturated heterocycles. The first-order chi connectivity index (χ1) is 58.8. The Morgan fingerprint density at radius 1 is 0.532 bits per heavy atom. The highest BCUT2D eigenvalue weighted by molar-refractivity contribution is 6.03. The van der Waals surface area contributed by atoms with E-state index < -0.39 is 261 Å². The number of amides is 19. The molecule has 1 aliphatic heterocycles. The van der Waals surface area contributed by atoms with Crippen LogP contribution in [0.25, 0.3) is 21.7 Å². The van der Waals surface area contributed by atoms with E-state index in [1.165, 1.54) is 37.6 Å². The Bertz CT molecular complexity index is 4730. The fourth-order valence-electron chi connectivity index (χ4n) is 13.3. The van der Waals surface area contributed by atoms with Gasteiger partial charge in [0.2, 0.25) is 100 Å². The minimum atomic E-state index is -2.17. The molecule has 1 fully saturated rings. The van der Waals surface area contributed by atoms with E-state index in [1.54, 1.807) is 66.7 Å². The van der Waals surface area contributed by atoms with Crippen molar-refractivity contribution in [2.75, 3.05) is 26.7 Å². The van der Waals surface area contributed by atoms with Gasteiger partial charge in [-0.2, -0.15) is 0 Å². The third-order valence-electron chi connectivity index (χ3n) is 19.6. The summed E-state index contributed by atoms with van der Waals surface area (Å²) in [5.41, 5.74) is 34.6. The molecule has 4 aromatic carbocycles. The van der Waals surface area contributed by atoms with E-state index in [1.807, 2.05) is 5.32 Å². The minimum absolute atomic E-state index is 0.0771. The Labute approximate surface area is 709 Å². The van der Waals surface area contributed by atoms with Crippen molar-refractivity contribution < 1.29 is 106 Å². The van der Waals surface area contributed by atoms with Crippen molar-refractivity contribution in [2.45, 2.75) is 195 Å². The van der Waals surface area contributed by atoms with Crippen LogP contribution in [0, 0.1) is 5.41 Å². The van der Waals surface area contributed by atoms with E-state index in [0.717, 1.165) is 13.8 Å². The molecule has 0 spiro atoms. The van der Waals surface area contributed by atoms with Crippen LogP contribution in [-0.4, -0.2) is 239 Å². The summed E-state index contributed by atoms with van der Waals surface area (Å²) >= 11 is 0. The highest BCUT2D eigenvalue weighted by Gasteiger charge is 2.40. The number of carboxylic acids is 1. The van der Waals surface area contributed by atoms with Gasteiger partial charge in [0.15, 0.2) is 5.96 Å². The predicted octanol–water partition coefficient (Wildman–Crippen LogP) is -7.05. The summed E-state index contributed by atoms with van der Waals surface area (Å²) in [6.07, 6.45) is -8.53. The first kappa shape index (κ1) is 98.3. The van der Waals surface area contributed by atoms with Gasteiger partial charge >= 0.3 is 12.0 Å². The number of primary amides is 5. The number of ether oxygens (including phenoxy) is 1. The number of para-hydroxylation sites is 1. The number of urea groups is 1. The van der Waals surface area contributed by atoms with Crippen LogP contribution in [0.3, 0.4) is 0 Å². The number of hydrogen-bond acceptors (Lipinski definition) is 22. The number of aliphatic carboxylic acids is 1. The normalized spacial score (nSPS) is 21.2. The third-order valence-corrected chi connectivity index (χ3v) is 19.6. The number of benzene rings is 4. The lowest BCUT2D eigenvalue weighted by atomic mass is 9.97. The number of methoxy groups -OCH3 is 1. The maximum absolute atomic E-state index is 15.6. The second-order valence-electron chi connectivity index (χ2n) is 29.4. The maximum Gasteiger partial charge on any atom is 0.326 e. The van der Waals surface area contributed by atoms with Crippen molar-refractivity contribution in [3.63, 3.8) is 0 Å². The van der Waals surface area contributed by atoms with Gasteiger partial charge in [0.05, 0.1) is 38.9 Å². The van der Waals surface area contributed by atoms with Crippen LogP contribution in [0.4, 0.5) is 4.79 Å². The van der Waals surface area contributed by atoms with Crippen molar-refractivity contribution >= 4 is 140 Å². The Morgan fingerprint density at radius 2 is 1.05 bits per heavy atom. The summed E-state index contributed by atoms with van der Waals surface area (Å²) in [5.74, 6) is -22.1. The number of aromatic nitrogens is 1. The number of aliphatic hydroxyl groups excluding tert-OH is 1. The summed E-state index contributed by atoms with van der Waals surface area (Å²) in [7, 11) is 1.39. The lowest BCUT2D eigenvalue weighted by Crippen LogP contribution is -2.62. The molecule has 0 radical (unpaired) electrons. The van der Waals surface area contributed by atoms with Crippen molar-refractivity contribution in [1.29, 1.82) is 5.41 Å². The number of aliphatic hydroxyl groups is 1. The zero-order chi connectivity index (χ0) is 91.4. The Hall–Kier alpha value is -14.6. The molecule has 45 nitrogen and oxygen atoms in total. The van der Waals surface area contributed by atoms with Crippen LogP contribution in [0.15, 0.2) is 97.2 Å². The zero-order valence-electron chi connectivity index (χ0n) is 68.2. The monoisotopic (exact) mass is 1730 g/mol. The molecule has 6 rings (SSSR count). The molecule has 670 valence electrons. The third kappa shape index (κ3) is 32.5. The largest absolute Gasteiger partial charge is 0.497 e. The molecule has 0 saturated carbocycles. The van der Waals surface area contributed by atoms with Crippen LogP contribution < -0.4 is 119 Å². The van der Waals surface area contributed by atoms with Gasteiger partial charge in [-0.15, -0.1) is 0 Å². The van der Waals surface area contributed by atoms with Gasteiger partial charge < -0.3 is 134 Å². The van der Waals surface area contributed by atoms with Crippen molar-refractivity contribution in [2.24, 2.45) is 34.4 Å². The average Bonchev–Trinajstić information content (AvgIpc) is 1.79. The lowest BCUT2D eigenvalue weighted by molar-refractivity contribution is -0.144. The smallest absolute Gasteiger partial charge is 0.326 e. The first-order valence-electron chi connectivity index (χ1n) is 39.5. The van der Waals surface area contributed by atoms with Gasteiger partial charge in [0, 0.05) is 69.3 Å². The molecule has 1 aliphatic rings. The van der Waals surface area contributed by atoms with Crippen molar-refractivity contribution in [3.8, 4) is 5.75 Å². The molecule has 2 heterocycles. The Kier molecular flexibility index (Phi) is 38.5. The van der Waals surface area contributed by atoms with Gasteiger partial charge in [-0.05, 0) is 104 Å². The Morgan fingerprint density at radius 3 is 1.61 bits per heavy atom. The van der Waals surface area contributed by atoms with Crippen LogP contribution >= 0.6 is 0 Å². The zero-order valence-corrected chi connectivity index (χ0v) is 68.2. The van der Waals surface area contributed by atoms with Crippen LogP contribution in [-0.2, 0) is 106 Å². The van der Waals surface area contributed by atoms with Gasteiger partial charge in [-0.25, -0.2) is 9.59 Å². The molecule has 13 atom stereocenters. The molecule has 31 N–H and O–H groups in total. The number of aromatic amines is 1. The fourth-order valence-corrected chi connectivity index (χ4v) is 13.3. The number of guanidine groups is 1. The number of nitrogens with one attached hydrogen (secondary N) is 17. The highest BCUT2D eigenvalue weighted by Crippen LogP contribution is 2.23. The number of carbonyl (C=O) groups is 19. The van der Waals surface area contributed by atoms with Crippen molar-refractivity contribution in [3.05, 3.63) is 114 Å². The van der Waals surface area contributed by atoms with Crippen LogP contribution in [0.5, 0.6) is 5.75 Å². The second-order valence-corrected chi connectivity index (χ2v) is 29.4. The molecular weight excluding hydrogens is 1620 g/mol. The highest BCUT2D eigenvalue weighted by atomic mass is 16.5. The van der Waals surface area contributed by atoms with Crippen LogP contribution in [0.1, 0.15) is 114 Å². The summed E-state index contributed by atoms with van der Waals surface area (Å²) in [6, 6.07) is 1.02. The first-order valence-corrected chi connectivity index (χ1v) is 39.5. The van der Waals surface area contributed by atoms with E-state index in [0.29, 0.717) is 44.1 Å². The summed E-state index contributed by atoms with van der Waals surface area (Å²) < 4.78 is 5.38. The molecule has 5 aromatic rings. The van der Waals surface area contributed by atoms with Gasteiger partial charge in [-0.3, -0.25) is 86.9 Å². The molecule has 0 bridgehead atoms. The molecule has 0 aliphatic carbocycles. The van der Waals surface area contributed by atoms with E-state index in [-0.39, 0.29) is 58.2 Å². The molecule has 124 heavy (non-hydrogen) atoms. The SMILES string of the molecule is COc1ccc(C[C@@H]2NC(=O)[C@H](CCCNC(=N)N)NC(=O)[C@H](CCC(N)=O)NC(=O)[C@H](Cc3c[nH]c4ccccc34)NC(=O)C([C@@H](C)O)NC(=O)[C@H](CC(N)=O)NC(=O)C(NC(C)=O)CCCCNC(=O)C[C@H](C(=O)N[C@@H](CC(N)=O)C(=O)N[C@@H](CC(N)=O)C(=O)O)NC(=O)[C@H](CCCNC(N)=O)NC(=O)[C@H](Cc3cccc4ccccc34)NC2=O)cc1. The van der Waals surface area contributed by atoms with Gasteiger partial charge in [-0.1, -0.05) is 72.8 Å². The number of H-pyrrole nitrogens is 1. The molecule has 2 unspecified atom stereocenters. The average molecular weight is 1730 g/mol. The second kappa shape index (κ2) is 48.6.